The SMILES string of the molecule is CCn1ncnc1CN1CC(=O)NC(C)(CC)C1=O. The van der Waals surface area contributed by atoms with Crippen molar-refractivity contribution in [2.75, 3.05) is 6.54 Å². The lowest BCUT2D eigenvalue weighted by molar-refractivity contribution is -0.150. The van der Waals surface area contributed by atoms with E-state index in [2.05, 4.69) is 15.4 Å². The molecule has 1 N–H and O–H groups in total. The summed E-state index contributed by atoms with van der Waals surface area (Å²) < 4.78 is 1.73. The highest BCUT2D eigenvalue weighted by Gasteiger charge is 2.41. The largest absolute Gasteiger partial charge is 0.340 e. The monoisotopic (exact) mass is 265 g/mol. The summed E-state index contributed by atoms with van der Waals surface area (Å²) in [5, 5.41) is 6.83. The first-order chi connectivity index (χ1) is 9.00. The van der Waals surface area contributed by atoms with E-state index in [1.807, 2.05) is 13.8 Å². The fourth-order valence-corrected chi connectivity index (χ4v) is 2.21. The zero-order valence-corrected chi connectivity index (χ0v) is 11.5. The minimum absolute atomic E-state index is 0.0692. The van der Waals surface area contributed by atoms with Gasteiger partial charge in [-0.15, -0.1) is 0 Å². The smallest absolute Gasteiger partial charge is 0.248 e. The number of aromatic nitrogens is 3. The Balaban J connectivity index is 2.20. The van der Waals surface area contributed by atoms with Crippen LogP contribution >= 0.6 is 0 Å². The first-order valence-electron chi connectivity index (χ1n) is 6.47. The van der Waals surface area contributed by atoms with E-state index >= 15 is 0 Å². The van der Waals surface area contributed by atoms with Gasteiger partial charge >= 0.3 is 0 Å². The van der Waals surface area contributed by atoms with E-state index in [0.717, 1.165) is 0 Å². The number of carbonyl (C=O) groups is 2. The molecule has 2 heterocycles. The van der Waals surface area contributed by atoms with Gasteiger partial charge in [-0.1, -0.05) is 6.92 Å². The van der Waals surface area contributed by atoms with Gasteiger partial charge in [-0.2, -0.15) is 5.10 Å². The summed E-state index contributed by atoms with van der Waals surface area (Å²) in [4.78, 5) is 29.8. The molecule has 1 aromatic rings. The predicted molar refractivity (Wildman–Crippen MR) is 68.0 cm³/mol. The van der Waals surface area contributed by atoms with Crippen LogP contribution in [0.3, 0.4) is 0 Å². The lowest BCUT2D eigenvalue weighted by Crippen LogP contribution is -2.64. The van der Waals surface area contributed by atoms with E-state index in [9.17, 15) is 9.59 Å². The Morgan fingerprint density at radius 2 is 2.16 bits per heavy atom. The van der Waals surface area contributed by atoms with Crippen molar-refractivity contribution in [1.82, 2.24) is 25.0 Å². The normalized spacial score (nSPS) is 23.6. The van der Waals surface area contributed by atoms with Gasteiger partial charge < -0.3 is 10.2 Å². The molecule has 7 nitrogen and oxygen atoms in total. The summed E-state index contributed by atoms with van der Waals surface area (Å²) in [5.74, 6) is 0.496. The minimum atomic E-state index is -0.813. The number of nitrogens with zero attached hydrogens (tertiary/aromatic N) is 4. The van der Waals surface area contributed by atoms with Crippen LogP contribution in [-0.4, -0.2) is 43.6 Å². The molecule has 2 rings (SSSR count). The minimum Gasteiger partial charge on any atom is -0.340 e. The maximum absolute atomic E-state index is 12.4. The third kappa shape index (κ3) is 2.45. The number of aryl methyl sites for hydroxylation is 1. The summed E-state index contributed by atoms with van der Waals surface area (Å²) in [6, 6.07) is 0. The molecule has 104 valence electrons. The van der Waals surface area contributed by atoms with Crippen LogP contribution in [0.5, 0.6) is 0 Å². The predicted octanol–water partition coefficient (Wildman–Crippen LogP) is -0.0749. The van der Waals surface area contributed by atoms with Gasteiger partial charge in [0.25, 0.3) is 0 Å². The number of rotatable bonds is 4. The summed E-state index contributed by atoms with van der Waals surface area (Å²) >= 11 is 0. The van der Waals surface area contributed by atoms with Gasteiger partial charge in [0, 0.05) is 6.54 Å². The molecule has 2 amide bonds. The van der Waals surface area contributed by atoms with E-state index < -0.39 is 5.54 Å². The van der Waals surface area contributed by atoms with Gasteiger partial charge in [-0.25, -0.2) is 9.67 Å². The molecule has 0 saturated carbocycles. The van der Waals surface area contributed by atoms with Crippen molar-refractivity contribution < 1.29 is 9.59 Å². The fraction of sp³-hybridized carbons (Fsp3) is 0.667. The topological polar surface area (TPSA) is 80.1 Å². The molecule has 0 spiro atoms. The molecule has 1 fully saturated rings. The van der Waals surface area contributed by atoms with Crippen LogP contribution in [-0.2, 0) is 22.7 Å². The highest BCUT2D eigenvalue weighted by atomic mass is 16.2. The zero-order chi connectivity index (χ0) is 14.0. The van der Waals surface area contributed by atoms with Gasteiger partial charge in [0.15, 0.2) is 0 Å². The number of carbonyl (C=O) groups excluding carboxylic acids is 2. The van der Waals surface area contributed by atoms with Crippen molar-refractivity contribution >= 4 is 11.8 Å². The zero-order valence-electron chi connectivity index (χ0n) is 11.5. The molecule has 0 aliphatic carbocycles. The van der Waals surface area contributed by atoms with Crippen molar-refractivity contribution in [3.8, 4) is 0 Å². The van der Waals surface area contributed by atoms with Crippen LogP contribution in [0.15, 0.2) is 6.33 Å². The van der Waals surface area contributed by atoms with E-state index in [0.29, 0.717) is 25.3 Å². The Morgan fingerprint density at radius 1 is 1.42 bits per heavy atom. The van der Waals surface area contributed by atoms with Crippen LogP contribution in [0.25, 0.3) is 0 Å². The van der Waals surface area contributed by atoms with E-state index in [4.69, 9.17) is 0 Å². The van der Waals surface area contributed by atoms with Crippen LogP contribution < -0.4 is 5.32 Å². The van der Waals surface area contributed by atoms with Crippen LogP contribution in [0, 0.1) is 0 Å². The Hall–Kier alpha value is -1.92. The molecular formula is C12H19N5O2. The summed E-state index contributed by atoms with van der Waals surface area (Å²) in [5.41, 5.74) is -0.813. The van der Waals surface area contributed by atoms with Gasteiger partial charge in [-0.05, 0) is 20.3 Å². The molecule has 1 atom stereocenters. The lowest BCUT2D eigenvalue weighted by atomic mass is 9.94. The third-order valence-electron chi connectivity index (χ3n) is 3.54. The molecule has 19 heavy (non-hydrogen) atoms. The van der Waals surface area contributed by atoms with Crippen molar-refractivity contribution in [3.63, 3.8) is 0 Å². The van der Waals surface area contributed by atoms with Gasteiger partial charge in [0.05, 0.1) is 6.54 Å². The summed E-state index contributed by atoms with van der Waals surface area (Å²) in [6.07, 6.45) is 2.03. The molecule has 1 aliphatic rings. The van der Waals surface area contributed by atoms with Crippen LogP contribution in [0.2, 0.25) is 0 Å². The maximum atomic E-state index is 12.4. The first kappa shape index (κ1) is 13.5. The lowest BCUT2D eigenvalue weighted by Gasteiger charge is -2.39. The number of piperazine rings is 1. The molecule has 1 aromatic heterocycles. The average Bonchev–Trinajstić information content (AvgIpc) is 2.82. The first-order valence-corrected chi connectivity index (χ1v) is 6.47. The second kappa shape index (κ2) is 4.99. The Bertz CT molecular complexity index is 498. The molecule has 7 heteroatoms. The van der Waals surface area contributed by atoms with Crippen molar-refractivity contribution in [2.45, 2.75) is 45.8 Å². The van der Waals surface area contributed by atoms with Crippen LogP contribution in [0.4, 0.5) is 0 Å². The number of hydrogen-bond donors (Lipinski definition) is 1. The Morgan fingerprint density at radius 3 is 2.79 bits per heavy atom. The standard InChI is InChI=1S/C12H19N5O2/c1-4-12(3)11(19)16(7-10(18)15-12)6-9-13-8-14-17(9)5-2/h8H,4-7H2,1-3H3,(H,15,18). The Labute approximate surface area is 112 Å². The number of nitrogens with one attached hydrogen (secondary N) is 1. The molecule has 1 unspecified atom stereocenters. The molecular weight excluding hydrogens is 246 g/mol. The van der Waals surface area contributed by atoms with Gasteiger partial charge in [0.2, 0.25) is 11.8 Å². The number of amides is 2. The van der Waals surface area contributed by atoms with Crippen molar-refractivity contribution in [3.05, 3.63) is 12.2 Å². The molecule has 1 saturated heterocycles. The molecule has 1 aliphatic heterocycles. The second-order valence-electron chi connectivity index (χ2n) is 4.89. The molecule has 0 radical (unpaired) electrons. The fourth-order valence-electron chi connectivity index (χ4n) is 2.21. The second-order valence-corrected chi connectivity index (χ2v) is 4.89. The van der Waals surface area contributed by atoms with Crippen molar-refractivity contribution in [1.29, 1.82) is 0 Å². The summed E-state index contributed by atoms with van der Waals surface area (Å²) in [7, 11) is 0. The summed E-state index contributed by atoms with van der Waals surface area (Å²) in [6.45, 7) is 6.68. The van der Waals surface area contributed by atoms with Gasteiger partial charge in [-0.3, -0.25) is 9.59 Å². The number of hydrogen-bond acceptors (Lipinski definition) is 4. The highest BCUT2D eigenvalue weighted by Crippen LogP contribution is 2.19. The third-order valence-corrected chi connectivity index (χ3v) is 3.54. The highest BCUT2D eigenvalue weighted by molar-refractivity contribution is 5.97. The van der Waals surface area contributed by atoms with E-state index in [1.165, 1.54) is 6.33 Å². The van der Waals surface area contributed by atoms with E-state index in [-0.39, 0.29) is 18.4 Å². The van der Waals surface area contributed by atoms with E-state index in [1.54, 1.807) is 16.5 Å². The quantitative estimate of drug-likeness (QED) is 0.826. The Kier molecular flexibility index (Phi) is 3.55. The maximum Gasteiger partial charge on any atom is 0.248 e. The van der Waals surface area contributed by atoms with Crippen molar-refractivity contribution in [2.24, 2.45) is 0 Å². The molecule has 0 aromatic carbocycles. The molecule has 0 bridgehead atoms. The van der Waals surface area contributed by atoms with Gasteiger partial charge in [0.1, 0.15) is 24.2 Å². The average molecular weight is 265 g/mol. The van der Waals surface area contributed by atoms with Crippen LogP contribution in [0.1, 0.15) is 33.0 Å².